The predicted octanol–water partition coefficient (Wildman–Crippen LogP) is 2.63. The van der Waals surface area contributed by atoms with Gasteiger partial charge in [0.2, 0.25) is 0 Å². The van der Waals surface area contributed by atoms with E-state index in [2.05, 4.69) is 55.3 Å². The number of hydrogen-bond acceptors (Lipinski definition) is 3. The second-order valence-electron chi connectivity index (χ2n) is 6.18. The van der Waals surface area contributed by atoms with Crippen LogP contribution in [0, 0.1) is 5.92 Å². The van der Waals surface area contributed by atoms with Crippen LogP contribution in [-0.4, -0.2) is 36.6 Å². The van der Waals surface area contributed by atoms with Crippen molar-refractivity contribution in [3.05, 3.63) is 29.6 Å². The molecule has 1 aromatic heterocycles. The van der Waals surface area contributed by atoms with Crippen LogP contribution in [0.4, 0.5) is 0 Å². The molecule has 0 saturated heterocycles. The smallest absolute Gasteiger partial charge is 0.0605 e. The molecule has 19 heavy (non-hydrogen) atoms. The molecule has 0 bridgehead atoms. The topological polar surface area (TPSA) is 28.2 Å². The van der Waals surface area contributed by atoms with Crippen LogP contribution in [0.15, 0.2) is 18.3 Å². The highest BCUT2D eigenvalue weighted by Crippen LogP contribution is 2.27. The molecule has 2 unspecified atom stereocenters. The van der Waals surface area contributed by atoms with E-state index in [9.17, 15) is 0 Å². The van der Waals surface area contributed by atoms with Gasteiger partial charge in [-0.15, -0.1) is 0 Å². The van der Waals surface area contributed by atoms with Gasteiger partial charge in [0.25, 0.3) is 0 Å². The minimum absolute atomic E-state index is 0.436. The number of aromatic nitrogens is 1. The predicted molar refractivity (Wildman–Crippen MR) is 80.2 cm³/mol. The number of nitrogens with one attached hydrogen (secondary N) is 1. The lowest BCUT2D eigenvalue weighted by Gasteiger charge is -2.32. The maximum Gasteiger partial charge on any atom is 0.0605 e. The van der Waals surface area contributed by atoms with E-state index in [0.717, 1.165) is 6.54 Å². The molecular weight excluding hydrogens is 234 g/mol. The quantitative estimate of drug-likeness (QED) is 0.883. The lowest BCUT2D eigenvalue weighted by atomic mass is 9.91. The van der Waals surface area contributed by atoms with E-state index in [1.807, 2.05) is 6.20 Å². The zero-order chi connectivity index (χ0) is 13.8. The lowest BCUT2D eigenvalue weighted by Crippen LogP contribution is -2.43. The Kier molecular flexibility index (Phi) is 4.94. The number of rotatable bonds is 5. The van der Waals surface area contributed by atoms with E-state index in [4.69, 9.17) is 0 Å². The van der Waals surface area contributed by atoms with Gasteiger partial charge in [0.15, 0.2) is 0 Å². The fourth-order valence-electron chi connectivity index (χ4n) is 3.09. The Hall–Kier alpha value is -0.930. The van der Waals surface area contributed by atoms with Gasteiger partial charge in [-0.2, -0.15) is 0 Å². The molecule has 0 aliphatic heterocycles. The van der Waals surface area contributed by atoms with E-state index in [1.165, 1.54) is 30.5 Å². The van der Waals surface area contributed by atoms with E-state index in [0.29, 0.717) is 18.0 Å². The zero-order valence-corrected chi connectivity index (χ0v) is 12.7. The van der Waals surface area contributed by atoms with Crippen LogP contribution in [-0.2, 0) is 6.42 Å². The summed E-state index contributed by atoms with van der Waals surface area (Å²) in [5.41, 5.74) is 2.70. The standard InChI is InChI=1S/C16H27N3/c1-12(2)15(19(3)4)11-18-14-9-5-7-13-8-6-10-17-16(13)14/h6,8,10,12,14-15,18H,5,7,9,11H2,1-4H3. The first kappa shape index (κ1) is 14.5. The Morgan fingerprint density at radius 3 is 2.89 bits per heavy atom. The second kappa shape index (κ2) is 6.49. The molecule has 2 rings (SSSR count). The van der Waals surface area contributed by atoms with Gasteiger partial charge in [-0.05, 0) is 50.9 Å². The maximum atomic E-state index is 4.59. The highest BCUT2D eigenvalue weighted by molar-refractivity contribution is 5.25. The van der Waals surface area contributed by atoms with E-state index in [1.54, 1.807) is 0 Å². The van der Waals surface area contributed by atoms with E-state index >= 15 is 0 Å². The molecule has 1 heterocycles. The molecule has 106 valence electrons. The normalized spacial score (nSPS) is 20.6. The molecule has 2 atom stereocenters. The number of fused-ring (bicyclic) bond motifs is 1. The van der Waals surface area contributed by atoms with Crippen molar-refractivity contribution in [2.45, 2.75) is 45.2 Å². The Bertz CT molecular complexity index is 393. The number of nitrogens with zero attached hydrogens (tertiary/aromatic N) is 2. The van der Waals surface area contributed by atoms with Crippen molar-refractivity contribution in [2.24, 2.45) is 5.92 Å². The molecule has 1 N–H and O–H groups in total. The maximum absolute atomic E-state index is 4.59. The summed E-state index contributed by atoms with van der Waals surface area (Å²) in [5.74, 6) is 0.661. The number of pyridine rings is 1. The van der Waals surface area contributed by atoms with Crippen molar-refractivity contribution in [1.82, 2.24) is 15.2 Å². The molecule has 0 amide bonds. The SMILES string of the molecule is CC(C)C(CNC1CCCc2cccnc21)N(C)C. The zero-order valence-electron chi connectivity index (χ0n) is 12.7. The minimum Gasteiger partial charge on any atom is -0.307 e. The van der Waals surface area contributed by atoms with Gasteiger partial charge in [-0.1, -0.05) is 19.9 Å². The van der Waals surface area contributed by atoms with Crippen LogP contribution >= 0.6 is 0 Å². The Balaban J connectivity index is 2.01. The first-order valence-corrected chi connectivity index (χ1v) is 7.43. The van der Waals surface area contributed by atoms with Crippen molar-refractivity contribution in [3.63, 3.8) is 0 Å². The Morgan fingerprint density at radius 2 is 2.21 bits per heavy atom. The van der Waals surface area contributed by atoms with Crippen LogP contribution in [0.1, 0.15) is 44.0 Å². The van der Waals surface area contributed by atoms with E-state index in [-0.39, 0.29) is 0 Å². The van der Waals surface area contributed by atoms with E-state index < -0.39 is 0 Å². The number of aryl methyl sites for hydroxylation is 1. The van der Waals surface area contributed by atoms with Gasteiger partial charge in [0.05, 0.1) is 5.69 Å². The van der Waals surface area contributed by atoms with Crippen LogP contribution in [0.5, 0.6) is 0 Å². The molecule has 1 aliphatic rings. The van der Waals surface area contributed by atoms with Gasteiger partial charge in [0.1, 0.15) is 0 Å². The van der Waals surface area contributed by atoms with Gasteiger partial charge >= 0.3 is 0 Å². The summed E-state index contributed by atoms with van der Waals surface area (Å²) in [6, 6.07) is 5.29. The summed E-state index contributed by atoms with van der Waals surface area (Å²) in [7, 11) is 4.33. The molecule has 0 radical (unpaired) electrons. The van der Waals surface area contributed by atoms with Crippen LogP contribution in [0.2, 0.25) is 0 Å². The summed E-state index contributed by atoms with van der Waals surface area (Å²) < 4.78 is 0. The molecule has 3 heteroatoms. The fourth-order valence-corrected chi connectivity index (χ4v) is 3.09. The molecule has 0 saturated carbocycles. The minimum atomic E-state index is 0.436. The molecule has 0 spiro atoms. The summed E-state index contributed by atoms with van der Waals surface area (Å²) in [5, 5.41) is 3.74. The molecular formula is C16H27N3. The summed E-state index contributed by atoms with van der Waals surface area (Å²) >= 11 is 0. The van der Waals surface area contributed by atoms with Crippen molar-refractivity contribution in [3.8, 4) is 0 Å². The summed E-state index contributed by atoms with van der Waals surface area (Å²) in [4.78, 5) is 6.91. The number of likely N-dealkylation sites (N-methyl/N-ethyl adjacent to an activating group) is 1. The fraction of sp³-hybridized carbons (Fsp3) is 0.688. The van der Waals surface area contributed by atoms with Crippen LogP contribution in [0.25, 0.3) is 0 Å². The first-order chi connectivity index (χ1) is 9.09. The van der Waals surface area contributed by atoms with Crippen molar-refractivity contribution in [1.29, 1.82) is 0 Å². The third-order valence-electron chi connectivity index (χ3n) is 4.20. The average Bonchev–Trinajstić information content (AvgIpc) is 2.38. The molecule has 0 aromatic carbocycles. The van der Waals surface area contributed by atoms with Gasteiger partial charge < -0.3 is 10.2 Å². The third-order valence-corrected chi connectivity index (χ3v) is 4.20. The Morgan fingerprint density at radius 1 is 1.42 bits per heavy atom. The second-order valence-corrected chi connectivity index (χ2v) is 6.18. The summed E-state index contributed by atoms with van der Waals surface area (Å²) in [6.07, 6.45) is 5.58. The summed E-state index contributed by atoms with van der Waals surface area (Å²) in [6.45, 7) is 5.62. The first-order valence-electron chi connectivity index (χ1n) is 7.43. The molecule has 3 nitrogen and oxygen atoms in total. The lowest BCUT2D eigenvalue weighted by molar-refractivity contribution is 0.215. The third kappa shape index (κ3) is 3.54. The van der Waals surface area contributed by atoms with Gasteiger partial charge in [0, 0.05) is 24.8 Å². The largest absolute Gasteiger partial charge is 0.307 e. The highest BCUT2D eigenvalue weighted by atomic mass is 15.1. The van der Waals surface area contributed by atoms with Gasteiger partial charge in [-0.25, -0.2) is 0 Å². The highest BCUT2D eigenvalue weighted by Gasteiger charge is 2.23. The molecule has 1 aromatic rings. The van der Waals surface area contributed by atoms with Crippen LogP contribution < -0.4 is 5.32 Å². The Labute approximate surface area is 117 Å². The van der Waals surface area contributed by atoms with Gasteiger partial charge in [-0.3, -0.25) is 4.98 Å². The molecule has 0 fully saturated rings. The number of hydrogen-bond donors (Lipinski definition) is 1. The van der Waals surface area contributed by atoms with Crippen molar-refractivity contribution >= 4 is 0 Å². The van der Waals surface area contributed by atoms with Crippen LogP contribution in [0.3, 0.4) is 0 Å². The average molecular weight is 261 g/mol. The van der Waals surface area contributed by atoms with Crippen molar-refractivity contribution in [2.75, 3.05) is 20.6 Å². The van der Waals surface area contributed by atoms with Crippen molar-refractivity contribution < 1.29 is 0 Å². The monoisotopic (exact) mass is 261 g/mol. The molecule has 1 aliphatic carbocycles.